The van der Waals surface area contributed by atoms with E-state index in [4.69, 9.17) is 4.74 Å². The average Bonchev–Trinajstić information content (AvgIpc) is 3.28. The molecule has 1 unspecified atom stereocenters. The largest absolute Gasteiger partial charge is 0.465 e. The molecule has 0 saturated heterocycles. The van der Waals surface area contributed by atoms with E-state index in [-0.39, 0.29) is 29.7 Å². The van der Waals surface area contributed by atoms with Gasteiger partial charge in [0.25, 0.3) is 0 Å². The Hall–Kier alpha value is -1.73. The first-order chi connectivity index (χ1) is 10.8. The maximum absolute atomic E-state index is 12.2. The van der Waals surface area contributed by atoms with E-state index >= 15 is 0 Å². The minimum absolute atomic E-state index is 0.0214. The van der Waals surface area contributed by atoms with Gasteiger partial charge in [0, 0.05) is 6.04 Å². The quantitative estimate of drug-likeness (QED) is 0.572. The lowest BCUT2D eigenvalue weighted by molar-refractivity contribution is -0.151. The van der Waals surface area contributed by atoms with Crippen molar-refractivity contribution in [3.63, 3.8) is 0 Å². The number of hydrogen-bond acceptors (Lipinski definition) is 5. The molecule has 1 N–H and O–H groups in total. The van der Waals surface area contributed by atoms with Gasteiger partial charge in [-0.3, -0.25) is 9.59 Å². The molecule has 1 aromatic rings. The van der Waals surface area contributed by atoms with Crippen LogP contribution in [0.4, 0.5) is 0 Å². The van der Waals surface area contributed by atoms with Gasteiger partial charge in [0.05, 0.1) is 11.5 Å². The van der Waals surface area contributed by atoms with Crippen LogP contribution in [-0.2, 0) is 30.8 Å². The van der Waals surface area contributed by atoms with Gasteiger partial charge in [-0.15, -0.1) is 0 Å². The Bertz CT molecular complexity index is 694. The van der Waals surface area contributed by atoms with Gasteiger partial charge >= 0.3 is 5.97 Å². The highest BCUT2D eigenvalue weighted by Gasteiger charge is 2.29. The van der Waals surface area contributed by atoms with Crippen LogP contribution in [0.1, 0.15) is 32.3 Å². The van der Waals surface area contributed by atoms with E-state index in [1.54, 1.807) is 19.1 Å². The summed E-state index contributed by atoms with van der Waals surface area (Å²) in [6.07, 6.45) is 1.84. The fourth-order valence-electron chi connectivity index (χ4n) is 2.20. The molecule has 7 heteroatoms. The van der Waals surface area contributed by atoms with Crippen LogP contribution < -0.4 is 4.72 Å². The number of carbonyl (C=O) groups is 2. The molecule has 0 amide bonds. The third-order valence-electron chi connectivity index (χ3n) is 3.61. The van der Waals surface area contributed by atoms with Gasteiger partial charge in [0.1, 0.15) is 11.7 Å². The predicted molar refractivity (Wildman–Crippen MR) is 84.3 cm³/mol. The monoisotopic (exact) mass is 339 g/mol. The molecule has 0 aliphatic heterocycles. The Morgan fingerprint density at radius 1 is 1.35 bits per heavy atom. The highest BCUT2D eigenvalue weighted by molar-refractivity contribution is 7.89. The van der Waals surface area contributed by atoms with Crippen molar-refractivity contribution in [3.8, 4) is 0 Å². The van der Waals surface area contributed by atoms with Gasteiger partial charge in [-0.25, -0.2) is 13.1 Å². The first-order valence-electron chi connectivity index (χ1n) is 7.62. The first kappa shape index (κ1) is 17.6. The van der Waals surface area contributed by atoms with Crippen LogP contribution in [0, 0.1) is 5.92 Å². The molecule has 1 aromatic carbocycles. The fraction of sp³-hybridized carbons (Fsp3) is 0.500. The van der Waals surface area contributed by atoms with Crippen molar-refractivity contribution in [1.29, 1.82) is 0 Å². The van der Waals surface area contributed by atoms with Crippen molar-refractivity contribution < 1.29 is 22.7 Å². The smallest absolute Gasteiger partial charge is 0.316 e. The van der Waals surface area contributed by atoms with Crippen LogP contribution in [0.25, 0.3) is 0 Å². The fourth-order valence-corrected chi connectivity index (χ4v) is 3.57. The topological polar surface area (TPSA) is 89.5 Å². The zero-order valence-corrected chi connectivity index (χ0v) is 14.1. The minimum atomic E-state index is -3.56. The van der Waals surface area contributed by atoms with E-state index < -0.39 is 21.9 Å². The summed E-state index contributed by atoms with van der Waals surface area (Å²) < 4.78 is 32.0. The highest BCUT2D eigenvalue weighted by atomic mass is 32.2. The molecule has 126 valence electrons. The number of nitrogens with one attached hydrogen (secondary N) is 1. The molecule has 0 heterocycles. The highest BCUT2D eigenvalue weighted by Crippen LogP contribution is 2.23. The Morgan fingerprint density at radius 3 is 2.61 bits per heavy atom. The number of benzene rings is 1. The molecule has 0 radical (unpaired) electrons. The van der Waals surface area contributed by atoms with Crippen LogP contribution in [0.5, 0.6) is 0 Å². The number of ether oxygens (including phenoxy) is 1. The number of hydrogen-bond donors (Lipinski definition) is 1. The molecule has 0 aromatic heterocycles. The van der Waals surface area contributed by atoms with Crippen molar-refractivity contribution in [1.82, 2.24) is 4.72 Å². The summed E-state index contributed by atoms with van der Waals surface area (Å²) >= 11 is 0. The molecular formula is C16H21NO5S. The SMILES string of the molecule is CCOC(=O)C(Cc1cccc(S(=O)(=O)NC2CC2)c1)C(C)=O. The second-order valence-corrected chi connectivity index (χ2v) is 7.38. The van der Waals surface area contributed by atoms with Gasteiger partial charge in [0.15, 0.2) is 0 Å². The van der Waals surface area contributed by atoms with E-state index in [0.29, 0.717) is 5.56 Å². The van der Waals surface area contributed by atoms with Crippen LogP contribution in [-0.4, -0.2) is 32.8 Å². The van der Waals surface area contributed by atoms with E-state index in [1.807, 2.05) is 0 Å². The Labute approximate surface area is 136 Å². The average molecular weight is 339 g/mol. The standard InChI is InChI=1S/C16H21NO5S/c1-3-22-16(19)15(11(2)18)10-12-5-4-6-14(9-12)23(20,21)17-13-7-8-13/h4-6,9,13,15,17H,3,7-8,10H2,1-2H3. The number of esters is 1. The summed E-state index contributed by atoms with van der Waals surface area (Å²) in [6, 6.07) is 6.33. The molecule has 1 atom stereocenters. The summed E-state index contributed by atoms with van der Waals surface area (Å²) in [5.74, 6) is -1.79. The zero-order valence-electron chi connectivity index (χ0n) is 13.2. The van der Waals surface area contributed by atoms with Crippen LogP contribution in [0.15, 0.2) is 29.2 Å². The lowest BCUT2D eigenvalue weighted by atomic mass is 9.96. The van der Waals surface area contributed by atoms with Crippen molar-refractivity contribution in [3.05, 3.63) is 29.8 Å². The molecule has 1 saturated carbocycles. The van der Waals surface area contributed by atoms with E-state index in [0.717, 1.165) is 12.8 Å². The third kappa shape index (κ3) is 4.87. The Morgan fingerprint density at radius 2 is 2.04 bits per heavy atom. The Kier molecular flexibility index (Phi) is 5.54. The molecule has 1 fully saturated rings. The minimum Gasteiger partial charge on any atom is -0.465 e. The molecule has 0 bridgehead atoms. The van der Waals surface area contributed by atoms with Gasteiger partial charge in [0.2, 0.25) is 10.0 Å². The van der Waals surface area contributed by atoms with Gasteiger partial charge in [-0.2, -0.15) is 0 Å². The van der Waals surface area contributed by atoms with Crippen molar-refractivity contribution in [2.75, 3.05) is 6.61 Å². The number of carbonyl (C=O) groups excluding carboxylic acids is 2. The molecule has 6 nitrogen and oxygen atoms in total. The summed E-state index contributed by atoms with van der Waals surface area (Å²) in [5.41, 5.74) is 0.608. The van der Waals surface area contributed by atoms with Crippen molar-refractivity contribution in [2.45, 2.75) is 44.0 Å². The molecule has 2 rings (SSSR count). The second-order valence-electron chi connectivity index (χ2n) is 5.66. The van der Waals surface area contributed by atoms with Crippen molar-refractivity contribution >= 4 is 21.8 Å². The third-order valence-corrected chi connectivity index (χ3v) is 5.13. The zero-order chi connectivity index (χ0) is 17.0. The summed E-state index contributed by atoms with van der Waals surface area (Å²) in [6.45, 7) is 3.20. The van der Waals surface area contributed by atoms with Crippen LogP contribution in [0.2, 0.25) is 0 Å². The summed E-state index contributed by atoms with van der Waals surface area (Å²) in [5, 5.41) is 0. The second kappa shape index (κ2) is 7.23. The van der Waals surface area contributed by atoms with E-state index in [1.165, 1.54) is 19.1 Å². The maximum atomic E-state index is 12.2. The molecule has 0 spiro atoms. The van der Waals surface area contributed by atoms with Crippen LogP contribution >= 0.6 is 0 Å². The molecule has 23 heavy (non-hydrogen) atoms. The lowest BCUT2D eigenvalue weighted by Crippen LogP contribution is -2.27. The normalized spacial score (nSPS) is 15.9. The van der Waals surface area contributed by atoms with Gasteiger partial charge in [-0.1, -0.05) is 12.1 Å². The molecule has 1 aliphatic rings. The molecular weight excluding hydrogens is 318 g/mol. The Balaban J connectivity index is 2.18. The van der Waals surface area contributed by atoms with Gasteiger partial charge < -0.3 is 4.74 Å². The van der Waals surface area contributed by atoms with E-state index in [2.05, 4.69) is 4.72 Å². The number of sulfonamides is 1. The molecule has 1 aliphatic carbocycles. The van der Waals surface area contributed by atoms with Crippen molar-refractivity contribution in [2.24, 2.45) is 5.92 Å². The van der Waals surface area contributed by atoms with Gasteiger partial charge in [-0.05, 0) is 50.8 Å². The number of ketones is 1. The first-order valence-corrected chi connectivity index (χ1v) is 9.10. The number of rotatable bonds is 8. The summed E-state index contributed by atoms with van der Waals surface area (Å²) in [4.78, 5) is 23.7. The van der Waals surface area contributed by atoms with E-state index in [9.17, 15) is 18.0 Å². The number of Topliss-reactive ketones (excluding diaryl/α,β-unsaturated/α-hetero) is 1. The lowest BCUT2D eigenvalue weighted by Gasteiger charge is -2.13. The van der Waals surface area contributed by atoms with Crippen LogP contribution in [0.3, 0.4) is 0 Å². The predicted octanol–water partition coefficient (Wildman–Crippen LogP) is 1.44. The summed E-state index contributed by atoms with van der Waals surface area (Å²) in [7, 11) is -3.56. The maximum Gasteiger partial charge on any atom is 0.316 e.